The highest BCUT2D eigenvalue weighted by atomic mass is 35.5. The summed E-state index contributed by atoms with van der Waals surface area (Å²) in [6.45, 7) is 2.70. The number of rotatable bonds is 2. The minimum atomic E-state index is 0.623. The summed E-state index contributed by atoms with van der Waals surface area (Å²) in [4.78, 5) is 0. The summed E-state index contributed by atoms with van der Waals surface area (Å²) in [5.41, 5.74) is 3.84. The first-order valence-corrected chi connectivity index (χ1v) is 5.52. The van der Waals surface area contributed by atoms with Gasteiger partial charge in [-0.3, -0.25) is 0 Å². The van der Waals surface area contributed by atoms with Crippen LogP contribution in [0.5, 0.6) is 0 Å². The number of fused-ring (bicyclic) bond motifs is 1. The van der Waals surface area contributed by atoms with Gasteiger partial charge in [0.2, 0.25) is 0 Å². The Labute approximate surface area is 98.9 Å². The summed E-state index contributed by atoms with van der Waals surface area (Å²) in [6, 6.07) is 8.44. The molecule has 2 rings (SSSR count). The van der Waals surface area contributed by atoms with Crippen molar-refractivity contribution >= 4 is 34.1 Å². The first-order chi connectivity index (χ1) is 7.20. The molecule has 1 nitrogen and oxygen atoms in total. The van der Waals surface area contributed by atoms with Gasteiger partial charge in [-0.25, -0.2) is 0 Å². The third-order valence-corrected chi connectivity index (χ3v) is 2.97. The Bertz CT molecular complexity index is 511. The molecule has 2 aromatic rings. The molecule has 15 heavy (non-hydrogen) atoms. The van der Waals surface area contributed by atoms with Crippen LogP contribution in [0.15, 0.2) is 41.0 Å². The maximum Gasteiger partial charge on any atom is 0.0592 e. The third-order valence-electron chi connectivity index (χ3n) is 2.37. The summed E-state index contributed by atoms with van der Waals surface area (Å²) in [5, 5.41) is 1.86. The summed E-state index contributed by atoms with van der Waals surface area (Å²) in [6.07, 6.45) is 2.02. The van der Waals surface area contributed by atoms with E-state index in [0.29, 0.717) is 11.6 Å². The van der Waals surface area contributed by atoms with E-state index in [1.807, 2.05) is 6.20 Å². The van der Waals surface area contributed by atoms with Gasteiger partial charge in [0.25, 0.3) is 0 Å². The second-order valence-electron chi connectivity index (χ2n) is 3.56. The zero-order chi connectivity index (χ0) is 10.8. The van der Waals surface area contributed by atoms with Gasteiger partial charge in [-0.05, 0) is 30.0 Å². The van der Waals surface area contributed by atoms with Crippen molar-refractivity contribution in [2.75, 3.05) is 0 Å². The standard InChI is InChI=1S/C12H11Cl2N/c1-9-2-3-10-4-5-15(12(10)6-9)8-11(14)7-13/h2-7H,8H2,1H3/b11-7-. The fourth-order valence-corrected chi connectivity index (χ4v) is 1.83. The van der Waals surface area contributed by atoms with E-state index in [-0.39, 0.29) is 0 Å². The van der Waals surface area contributed by atoms with Gasteiger partial charge in [0, 0.05) is 22.3 Å². The summed E-state index contributed by atoms with van der Waals surface area (Å²) in [5.74, 6) is 0. The number of allylic oxidation sites excluding steroid dienone is 1. The minimum Gasteiger partial charge on any atom is -0.342 e. The predicted octanol–water partition coefficient (Wildman–Crippen LogP) is 4.27. The van der Waals surface area contributed by atoms with E-state index in [1.165, 1.54) is 22.0 Å². The molecule has 0 amide bonds. The molecule has 3 heteroatoms. The van der Waals surface area contributed by atoms with Gasteiger partial charge in [0.1, 0.15) is 0 Å². The van der Waals surface area contributed by atoms with E-state index in [9.17, 15) is 0 Å². The van der Waals surface area contributed by atoms with Gasteiger partial charge < -0.3 is 4.57 Å². The van der Waals surface area contributed by atoms with Crippen molar-refractivity contribution in [1.82, 2.24) is 4.57 Å². The Balaban J connectivity index is 2.48. The molecule has 0 aliphatic carbocycles. The number of halogens is 2. The zero-order valence-electron chi connectivity index (χ0n) is 8.37. The number of hydrogen-bond donors (Lipinski definition) is 0. The Hall–Kier alpha value is -0.920. The molecule has 1 aromatic heterocycles. The van der Waals surface area contributed by atoms with E-state index < -0.39 is 0 Å². The van der Waals surface area contributed by atoms with Crippen LogP contribution in [-0.4, -0.2) is 4.57 Å². The maximum absolute atomic E-state index is 5.91. The fourth-order valence-electron chi connectivity index (χ4n) is 1.63. The van der Waals surface area contributed by atoms with Crippen LogP contribution in [0.3, 0.4) is 0 Å². The Morgan fingerprint density at radius 2 is 2.20 bits per heavy atom. The van der Waals surface area contributed by atoms with Crippen molar-refractivity contribution in [3.63, 3.8) is 0 Å². The highest BCUT2D eigenvalue weighted by Gasteiger charge is 2.02. The zero-order valence-corrected chi connectivity index (χ0v) is 9.89. The number of aromatic nitrogens is 1. The van der Waals surface area contributed by atoms with Crippen molar-refractivity contribution in [3.8, 4) is 0 Å². The first-order valence-electron chi connectivity index (χ1n) is 4.71. The molecule has 1 aromatic carbocycles. The smallest absolute Gasteiger partial charge is 0.0592 e. The molecule has 0 fully saturated rings. The third kappa shape index (κ3) is 2.19. The molecule has 0 N–H and O–H groups in total. The molecule has 0 atom stereocenters. The van der Waals surface area contributed by atoms with Gasteiger partial charge in [-0.1, -0.05) is 35.3 Å². The second-order valence-corrected chi connectivity index (χ2v) is 4.27. The van der Waals surface area contributed by atoms with Gasteiger partial charge in [0.05, 0.1) is 6.54 Å². The lowest BCUT2D eigenvalue weighted by Gasteiger charge is -2.04. The number of nitrogens with zero attached hydrogens (tertiary/aromatic N) is 1. The van der Waals surface area contributed by atoms with Crippen LogP contribution < -0.4 is 0 Å². The van der Waals surface area contributed by atoms with Crippen LogP contribution in [-0.2, 0) is 6.54 Å². The Morgan fingerprint density at radius 3 is 2.93 bits per heavy atom. The number of aryl methyl sites for hydroxylation is 1. The van der Waals surface area contributed by atoms with Gasteiger partial charge in [-0.15, -0.1) is 0 Å². The molecular formula is C12H11Cl2N. The van der Waals surface area contributed by atoms with Crippen molar-refractivity contribution < 1.29 is 0 Å². The molecule has 0 unspecified atom stereocenters. The Morgan fingerprint density at radius 1 is 1.40 bits per heavy atom. The lowest BCUT2D eigenvalue weighted by molar-refractivity contribution is 0.852. The van der Waals surface area contributed by atoms with Crippen LogP contribution in [0.25, 0.3) is 10.9 Å². The van der Waals surface area contributed by atoms with Crippen LogP contribution in [0, 0.1) is 6.92 Å². The van der Waals surface area contributed by atoms with E-state index in [1.54, 1.807) is 0 Å². The normalized spacial score (nSPS) is 12.3. The molecule has 0 radical (unpaired) electrons. The summed E-state index contributed by atoms with van der Waals surface area (Å²) < 4.78 is 2.09. The highest BCUT2D eigenvalue weighted by molar-refractivity contribution is 6.36. The van der Waals surface area contributed by atoms with Gasteiger partial charge >= 0.3 is 0 Å². The fraction of sp³-hybridized carbons (Fsp3) is 0.167. The van der Waals surface area contributed by atoms with Crippen molar-refractivity contribution in [2.24, 2.45) is 0 Å². The molecule has 0 saturated carbocycles. The van der Waals surface area contributed by atoms with Crippen molar-refractivity contribution in [2.45, 2.75) is 13.5 Å². The SMILES string of the molecule is Cc1ccc2ccn(C/C(Cl)=C/Cl)c2c1. The van der Waals surface area contributed by atoms with Crippen molar-refractivity contribution in [3.05, 3.63) is 46.6 Å². The molecule has 1 heterocycles. The van der Waals surface area contributed by atoms with E-state index >= 15 is 0 Å². The lowest BCUT2D eigenvalue weighted by atomic mass is 10.2. The van der Waals surface area contributed by atoms with Gasteiger partial charge in [0.15, 0.2) is 0 Å². The average molecular weight is 240 g/mol. The largest absolute Gasteiger partial charge is 0.342 e. The summed E-state index contributed by atoms with van der Waals surface area (Å²) in [7, 11) is 0. The van der Waals surface area contributed by atoms with Crippen molar-refractivity contribution in [1.29, 1.82) is 0 Å². The highest BCUT2D eigenvalue weighted by Crippen LogP contribution is 2.19. The molecule has 0 bridgehead atoms. The van der Waals surface area contributed by atoms with Crippen LogP contribution in [0.1, 0.15) is 5.56 Å². The van der Waals surface area contributed by atoms with E-state index in [0.717, 1.165) is 0 Å². The quantitative estimate of drug-likeness (QED) is 0.738. The monoisotopic (exact) mass is 239 g/mol. The molecule has 0 aliphatic rings. The van der Waals surface area contributed by atoms with Crippen LogP contribution in [0.4, 0.5) is 0 Å². The van der Waals surface area contributed by atoms with Crippen LogP contribution in [0.2, 0.25) is 0 Å². The molecule has 0 spiro atoms. The summed E-state index contributed by atoms with van der Waals surface area (Å²) >= 11 is 11.4. The average Bonchev–Trinajstić information content (AvgIpc) is 2.61. The van der Waals surface area contributed by atoms with E-state index in [4.69, 9.17) is 23.2 Å². The Kier molecular flexibility index (Phi) is 3.03. The second kappa shape index (κ2) is 4.30. The number of hydrogen-bond acceptors (Lipinski definition) is 0. The minimum absolute atomic E-state index is 0.623. The predicted molar refractivity (Wildman–Crippen MR) is 66.5 cm³/mol. The topological polar surface area (TPSA) is 4.93 Å². The maximum atomic E-state index is 5.91. The molecule has 0 saturated heterocycles. The van der Waals surface area contributed by atoms with Crippen LogP contribution >= 0.6 is 23.2 Å². The van der Waals surface area contributed by atoms with Gasteiger partial charge in [-0.2, -0.15) is 0 Å². The van der Waals surface area contributed by atoms with E-state index in [2.05, 4.69) is 35.8 Å². The molecule has 0 aliphatic heterocycles. The lowest BCUT2D eigenvalue weighted by Crippen LogP contribution is -1.95. The molecule has 78 valence electrons. The first kappa shape index (κ1) is 10.6. The molecular weight excluding hydrogens is 229 g/mol. The number of benzene rings is 1.